The molecule has 0 saturated heterocycles. The lowest BCUT2D eigenvalue weighted by Gasteiger charge is -2.05. The molecule has 1 rings (SSSR count). The number of ketones is 1. The zero-order valence-corrected chi connectivity index (χ0v) is 12.9. The van der Waals surface area contributed by atoms with E-state index in [9.17, 15) is 9.00 Å². The summed E-state index contributed by atoms with van der Waals surface area (Å²) in [6.45, 7) is 2.09. The lowest BCUT2D eigenvalue weighted by atomic mass is 10.1. The maximum atomic E-state index is 11.9. The van der Waals surface area contributed by atoms with Crippen LogP contribution in [0, 0.1) is 0 Å². The highest BCUT2D eigenvalue weighted by Crippen LogP contribution is 2.25. The van der Waals surface area contributed by atoms with Crippen LogP contribution in [-0.4, -0.2) is 28.6 Å². The maximum absolute atomic E-state index is 11.9. The number of carbonyl (C=O) groups is 1. The number of benzene rings is 1. The van der Waals surface area contributed by atoms with E-state index < -0.39 is 10.8 Å². The normalized spacial score (nSPS) is 12.2. The number of carbonyl (C=O) groups excluding carboxylic acids is 1. The smallest absolute Gasteiger partial charge is 0.175 e. The standard InChI is InChI=1S/C14H19ClO3S/c1-3-4-5-8-19(17)10-13(16)11-6-7-14(18-2)12(15)9-11/h6-7,9H,3-5,8,10H2,1-2H3. The van der Waals surface area contributed by atoms with E-state index in [1.165, 1.54) is 7.11 Å². The Morgan fingerprint density at radius 1 is 1.37 bits per heavy atom. The van der Waals surface area contributed by atoms with Crippen molar-refractivity contribution in [2.75, 3.05) is 18.6 Å². The number of ether oxygens (including phenoxy) is 1. The van der Waals surface area contributed by atoms with Crippen LogP contribution < -0.4 is 4.74 Å². The summed E-state index contributed by atoms with van der Waals surface area (Å²) in [7, 11) is 0.430. The summed E-state index contributed by atoms with van der Waals surface area (Å²) in [5.41, 5.74) is 0.481. The second-order valence-electron chi connectivity index (χ2n) is 4.27. The van der Waals surface area contributed by atoms with E-state index >= 15 is 0 Å². The van der Waals surface area contributed by atoms with E-state index in [0.717, 1.165) is 19.3 Å². The van der Waals surface area contributed by atoms with Gasteiger partial charge in [0, 0.05) is 22.1 Å². The lowest BCUT2D eigenvalue weighted by Crippen LogP contribution is -2.13. The van der Waals surface area contributed by atoms with Crippen molar-refractivity contribution in [2.45, 2.75) is 26.2 Å². The molecular weight excluding hydrogens is 284 g/mol. The van der Waals surface area contributed by atoms with E-state index in [0.29, 0.717) is 22.1 Å². The number of halogens is 1. The van der Waals surface area contributed by atoms with Gasteiger partial charge >= 0.3 is 0 Å². The van der Waals surface area contributed by atoms with Crippen molar-refractivity contribution >= 4 is 28.2 Å². The average Bonchev–Trinajstić information content (AvgIpc) is 2.38. The molecule has 1 aromatic carbocycles. The van der Waals surface area contributed by atoms with Gasteiger partial charge in [0.15, 0.2) is 5.78 Å². The van der Waals surface area contributed by atoms with Crippen LogP contribution >= 0.6 is 11.6 Å². The molecule has 3 nitrogen and oxygen atoms in total. The first kappa shape index (κ1) is 16.2. The fourth-order valence-corrected chi connectivity index (χ4v) is 3.04. The van der Waals surface area contributed by atoms with E-state index in [-0.39, 0.29) is 11.5 Å². The number of hydrogen-bond donors (Lipinski definition) is 0. The van der Waals surface area contributed by atoms with E-state index in [4.69, 9.17) is 16.3 Å². The van der Waals surface area contributed by atoms with Crippen molar-refractivity contribution in [2.24, 2.45) is 0 Å². The van der Waals surface area contributed by atoms with Gasteiger partial charge in [0.25, 0.3) is 0 Å². The first-order valence-electron chi connectivity index (χ1n) is 6.30. The molecule has 1 atom stereocenters. The molecule has 0 N–H and O–H groups in total. The Labute approximate surface area is 121 Å². The Bertz CT molecular complexity index is 460. The molecule has 0 aliphatic heterocycles. The largest absolute Gasteiger partial charge is 0.495 e. The highest BCUT2D eigenvalue weighted by atomic mass is 35.5. The number of hydrogen-bond acceptors (Lipinski definition) is 3. The van der Waals surface area contributed by atoms with Gasteiger partial charge in [0.2, 0.25) is 0 Å². The monoisotopic (exact) mass is 302 g/mol. The molecule has 0 aromatic heterocycles. The lowest BCUT2D eigenvalue weighted by molar-refractivity contribution is 0.102. The molecule has 0 aliphatic carbocycles. The number of rotatable bonds is 8. The third-order valence-corrected chi connectivity index (χ3v) is 4.36. The van der Waals surface area contributed by atoms with Gasteiger partial charge in [-0.2, -0.15) is 0 Å². The summed E-state index contributed by atoms with van der Waals surface area (Å²) in [6.07, 6.45) is 3.04. The Morgan fingerprint density at radius 3 is 2.68 bits per heavy atom. The fourth-order valence-electron chi connectivity index (χ4n) is 1.65. The molecule has 5 heteroatoms. The number of Topliss-reactive ketones (excluding diaryl/α,β-unsaturated/α-hetero) is 1. The van der Waals surface area contributed by atoms with Crippen LogP contribution in [0.5, 0.6) is 5.75 Å². The highest BCUT2D eigenvalue weighted by Gasteiger charge is 2.12. The molecule has 0 amide bonds. The van der Waals surface area contributed by atoms with Gasteiger partial charge < -0.3 is 4.74 Å². The summed E-state index contributed by atoms with van der Waals surface area (Å²) >= 11 is 5.96. The molecule has 0 spiro atoms. The molecule has 0 heterocycles. The number of methoxy groups -OCH3 is 1. The molecular formula is C14H19ClO3S. The van der Waals surface area contributed by atoms with Gasteiger partial charge in [0.05, 0.1) is 17.9 Å². The Balaban J connectivity index is 2.58. The topological polar surface area (TPSA) is 43.4 Å². The second-order valence-corrected chi connectivity index (χ2v) is 6.25. The molecule has 1 unspecified atom stereocenters. The third kappa shape index (κ3) is 5.33. The minimum atomic E-state index is -1.09. The van der Waals surface area contributed by atoms with Gasteiger partial charge in [0.1, 0.15) is 5.75 Å². The Morgan fingerprint density at radius 2 is 2.11 bits per heavy atom. The van der Waals surface area contributed by atoms with Gasteiger partial charge in [-0.25, -0.2) is 0 Å². The van der Waals surface area contributed by atoms with Crippen LogP contribution in [0.25, 0.3) is 0 Å². The summed E-state index contributed by atoms with van der Waals surface area (Å²) in [4.78, 5) is 11.9. The van der Waals surface area contributed by atoms with Gasteiger partial charge in [-0.3, -0.25) is 9.00 Å². The van der Waals surface area contributed by atoms with Crippen molar-refractivity contribution in [1.29, 1.82) is 0 Å². The Hall–Kier alpha value is -0.870. The summed E-state index contributed by atoms with van der Waals surface area (Å²) in [5.74, 6) is 1.04. The van der Waals surface area contributed by atoms with Crippen LogP contribution in [-0.2, 0) is 10.8 Å². The van der Waals surface area contributed by atoms with Crippen molar-refractivity contribution in [3.63, 3.8) is 0 Å². The minimum Gasteiger partial charge on any atom is -0.495 e. The summed E-state index contributed by atoms with van der Waals surface area (Å²) < 4.78 is 16.8. The van der Waals surface area contributed by atoms with E-state index in [1.54, 1.807) is 18.2 Å². The molecule has 1 aromatic rings. The third-order valence-electron chi connectivity index (χ3n) is 2.74. The van der Waals surface area contributed by atoms with E-state index in [2.05, 4.69) is 6.92 Å². The second kappa shape index (κ2) is 8.33. The molecule has 0 saturated carbocycles. The predicted octanol–water partition coefficient (Wildman–Crippen LogP) is 3.47. The average molecular weight is 303 g/mol. The van der Waals surface area contributed by atoms with Crippen molar-refractivity contribution in [3.8, 4) is 5.75 Å². The first-order chi connectivity index (χ1) is 9.08. The van der Waals surface area contributed by atoms with Crippen molar-refractivity contribution in [3.05, 3.63) is 28.8 Å². The number of unbranched alkanes of at least 4 members (excludes halogenated alkanes) is 2. The molecule has 0 fully saturated rings. The van der Waals surface area contributed by atoms with Gasteiger partial charge in [-0.05, 0) is 24.6 Å². The van der Waals surface area contributed by atoms with Gasteiger partial charge in [-0.1, -0.05) is 31.4 Å². The van der Waals surface area contributed by atoms with Crippen LogP contribution in [0.15, 0.2) is 18.2 Å². The highest BCUT2D eigenvalue weighted by molar-refractivity contribution is 7.85. The fraction of sp³-hybridized carbons (Fsp3) is 0.500. The maximum Gasteiger partial charge on any atom is 0.175 e. The SMILES string of the molecule is CCCCCS(=O)CC(=O)c1ccc(OC)c(Cl)c1. The molecule has 19 heavy (non-hydrogen) atoms. The summed E-state index contributed by atoms with van der Waals surface area (Å²) in [5, 5.41) is 0.394. The van der Waals surface area contributed by atoms with Gasteiger partial charge in [-0.15, -0.1) is 0 Å². The van der Waals surface area contributed by atoms with Crippen molar-refractivity contribution < 1.29 is 13.7 Å². The van der Waals surface area contributed by atoms with Crippen LogP contribution in [0.2, 0.25) is 5.02 Å². The van der Waals surface area contributed by atoms with Crippen LogP contribution in [0.3, 0.4) is 0 Å². The van der Waals surface area contributed by atoms with E-state index in [1.807, 2.05) is 0 Å². The quantitative estimate of drug-likeness (QED) is 0.545. The molecule has 0 aliphatic rings. The zero-order chi connectivity index (χ0) is 14.3. The molecule has 106 valence electrons. The molecule has 0 bridgehead atoms. The predicted molar refractivity (Wildman–Crippen MR) is 79.7 cm³/mol. The van der Waals surface area contributed by atoms with Crippen molar-refractivity contribution in [1.82, 2.24) is 0 Å². The first-order valence-corrected chi connectivity index (χ1v) is 8.16. The summed E-state index contributed by atoms with van der Waals surface area (Å²) in [6, 6.07) is 4.86. The van der Waals surface area contributed by atoms with Crippen LogP contribution in [0.1, 0.15) is 36.5 Å². The molecule has 0 radical (unpaired) electrons. The zero-order valence-electron chi connectivity index (χ0n) is 11.3. The Kier molecular flexibility index (Phi) is 7.10. The minimum absolute atomic E-state index is 0.0619. The van der Waals surface area contributed by atoms with Crippen LogP contribution in [0.4, 0.5) is 0 Å².